The maximum absolute atomic E-state index is 12.5. The van der Waals surface area contributed by atoms with Gasteiger partial charge in [0, 0.05) is 0 Å². The highest BCUT2D eigenvalue weighted by atomic mass is 19.4. The molecule has 140 valence electrons. The second kappa shape index (κ2) is 7.32. The summed E-state index contributed by atoms with van der Waals surface area (Å²) in [6, 6.07) is 0. The van der Waals surface area contributed by atoms with Crippen LogP contribution in [0, 0.1) is 0 Å². The largest absolute Gasteiger partial charge is 0.428 e. The zero-order valence-electron chi connectivity index (χ0n) is 10.6. The minimum Gasteiger partial charge on any atom is -0.318 e. The summed E-state index contributed by atoms with van der Waals surface area (Å²) in [4.78, 5) is 0. The average Bonchev–Trinajstić information content (AvgIpc) is 2.34. The van der Waals surface area contributed by atoms with Crippen LogP contribution in [-0.2, 0) is 9.47 Å². The molecule has 0 aromatic heterocycles. The number of hydrogen-bond acceptors (Lipinski definition) is 2. The Morgan fingerprint density at radius 2 is 0.826 bits per heavy atom. The Morgan fingerprint density at radius 3 is 1.04 bits per heavy atom. The van der Waals surface area contributed by atoms with Crippen LogP contribution in [0.3, 0.4) is 0 Å². The zero-order chi connectivity index (χ0) is 18.7. The van der Waals surface area contributed by atoms with E-state index in [-0.39, 0.29) is 0 Å². The van der Waals surface area contributed by atoms with Crippen LogP contribution in [0.2, 0.25) is 0 Å². The summed E-state index contributed by atoms with van der Waals surface area (Å²) in [5.74, 6) is 0. The van der Waals surface area contributed by atoms with E-state index in [1.807, 2.05) is 0 Å². The highest BCUT2D eigenvalue weighted by Crippen LogP contribution is 2.37. The molecule has 0 aromatic carbocycles. The second-order valence-electron chi connectivity index (χ2n) is 3.98. The van der Waals surface area contributed by atoms with Crippen molar-refractivity contribution < 1.29 is 62.2 Å². The summed E-state index contributed by atoms with van der Waals surface area (Å²) in [5.41, 5.74) is 0. The first-order valence-electron chi connectivity index (χ1n) is 5.47. The van der Waals surface area contributed by atoms with E-state index in [0.29, 0.717) is 0 Å². The van der Waals surface area contributed by atoms with Crippen molar-refractivity contribution in [3.63, 3.8) is 0 Å². The standard InChI is InChI=1S/C9H8F12O2/c10-4(6(12,13)14)8(18,19)22-2-1-3-23-9(20,21)5(11)7(15,16)17/h4-5H,1-3H2. The molecule has 0 aliphatic heterocycles. The molecule has 0 aromatic rings. The molecule has 0 saturated carbocycles. The fourth-order valence-electron chi connectivity index (χ4n) is 1.00. The van der Waals surface area contributed by atoms with Gasteiger partial charge in [-0.3, -0.25) is 0 Å². The Labute approximate surface area is 120 Å². The Balaban J connectivity index is 4.29. The maximum atomic E-state index is 12.5. The van der Waals surface area contributed by atoms with Crippen molar-refractivity contribution in [3.05, 3.63) is 0 Å². The van der Waals surface area contributed by atoms with Crippen LogP contribution in [0.5, 0.6) is 0 Å². The van der Waals surface area contributed by atoms with Gasteiger partial charge < -0.3 is 9.47 Å². The molecular formula is C9H8F12O2. The predicted octanol–water partition coefficient (Wildman–Crippen LogP) is 4.40. The van der Waals surface area contributed by atoms with E-state index in [4.69, 9.17) is 0 Å². The van der Waals surface area contributed by atoms with Gasteiger partial charge in [0.25, 0.3) is 12.3 Å². The van der Waals surface area contributed by atoms with E-state index in [2.05, 4.69) is 9.47 Å². The van der Waals surface area contributed by atoms with Crippen LogP contribution in [-0.4, -0.2) is 50.1 Å². The number of hydrogen-bond donors (Lipinski definition) is 0. The van der Waals surface area contributed by atoms with E-state index in [9.17, 15) is 52.7 Å². The Morgan fingerprint density at radius 1 is 0.565 bits per heavy atom. The third kappa shape index (κ3) is 7.01. The van der Waals surface area contributed by atoms with Gasteiger partial charge in [-0.25, -0.2) is 8.78 Å². The monoisotopic (exact) mass is 376 g/mol. The highest BCUT2D eigenvalue weighted by molar-refractivity contribution is 4.76. The minimum atomic E-state index is -5.96. The number of rotatable bonds is 8. The van der Waals surface area contributed by atoms with Gasteiger partial charge in [-0.15, -0.1) is 0 Å². The van der Waals surface area contributed by atoms with Crippen molar-refractivity contribution in [2.24, 2.45) is 0 Å². The topological polar surface area (TPSA) is 18.5 Å². The third-order valence-electron chi connectivity index (χ3n) is 2.04. The van der Waals surface area contributed by atoms with E-state index >= 15 is 0 Å². The quantitative estimate of drug-likeness (QED) is 0.462. The molecule has 0 saturated heterocycles. The normalized spacial score (nSPS) is 17.2. The Kier molecular flexibility index (Phi) is 7.03. The summed E-state index contributed by atoms with van der Waals surface area (Å²) >= 11 is 0. The first-order valence-corrected chi connectivity index (χ1v) is 5.47. The molecular weight excluding hydrogens is 368 g/mol. The molecule has 2 unspecified atom stereocenters. The van der Waals surface area contributed by atoms with E-state index in [0.717, 1.165) is 0 Å². The van der Waals surface area contributed by atoms with Crippen LogP contribution < -0.4 is 0 Å². The first-order chi connectivity index (χ1) is 10.0. The zero-order valence-corrected chi connectivity index (χ0v) is 10.6. The van der Waals surface area contributed by atoms with Crippen LogP contribution in [0.1, 0.15) is 6.42 Å². The van der Waals surface area contributed by atoms with Crippen molar-refractivity contribution in [1.29, 1.82) is 0 Å². The van der Waals surface area contributed by atoms with Gasteiger partial charge in [0.1, 0.15) is 0 Å². The van der Waals surface area contributed by atoms with Crippen molar-refractivity contribution in [3.8, 4) is 0 Å². The molecule has 14 heteroatoms. The summed E-state index contributed by atoms with van der Waals surface area (Å²) in [6.07, 6.45) is -33.1. The summed E-state index contributed by atoms with van der Waals surface area (Å²) in [7, 11) is 0. The van der Waals surface area contributed by atoms with E-state index in [1.54, 1.807) is 0 Å². The molecule has 0 heterocycles. The van der Waals surface area contributed by atoms with E-state index < -0.39 is 56.5 Å². The van der Waals surface area contributed by atoms with Gasteiger partial charge in [0.2, 0.25) is 0 Å². The minimum absolute atomic E-state index is 1.08. The molecule has 0 bridgehead atoms. The van der Waals surface area contributed by atoms with Crippen molar-refractivity contribution >= 4 is 0 Å². The summed E-state index contributed by atoms with van der Waals surface area (Å²) < 4.78 is 151. The lowest BCUT2D eigenvalue weighted by Gasteiger charge is -2.23. The molecule has 0 aliphatic carbocycles. The fraction of sp³-hybridized carbons (Fsp3) is 1.00. The van der Waals surface area contributed by atoms with Crippen LogP contribution in [0.25, 0.3) is 0 Å². The van der Waals surface area contributed by atoms with Gasteiger partial charge in [0.05, 0.1) is 13.2 Å². The number of halogens is 12. The van der Waals surface area contributed by atoms with Gasteiger partial charge in [-0.2, -0.15) is 43.9 Å². The Hall–Kier alpha value is -0.920. The number of ether oxygens (including phenoxy) is 2. The molecule has 0 aliphatic rings. The summed E-state index contributed by atoms with van der Waals surface area (Å²) in [6.45, 7) is -2.94. The smallest absolute Gasteiger partial charge is 0.318 e. The average molecular weight is 376 g/mol. The molecule has 23 heavy (non-hydrogen) atoms. The Bertz CT molecular complexity index is 329. The van der Waals surface area contributed by atoms with Gasteiger partial charge in [-0.05, 0) is 6.42 Å². The molecule has 2 atom stereocenters. The fourth-order valence-corrected chi connectivity index (χ4v) is 1.00. The summed E-state index contributed by atoms with van der Waals surface area (Å²) in [5, 5.41) is 0. The third-order valence-corrected chi connectivity index (χ3v) is 2.04. The number of alkyl halides is 12. The molecule has 0 radical (unpaired) electrons. The molecule has 0 amide bonds. The molecule has 0 rings (SSSR count). The van der Waals surface area contributed by atoms with Crippen molar-refractivity contribution in [2.75, 3.05) is 13.2 Å². The maximum Gasteiger partial charge on any atom is 0.428 e. The highest BCUT2D eigenvalue weighted by Gasteiger charge is 2.59. The molecule has 0 fully saturated rings. The van der Waals surface area contributed by atoms with Gasteiger partial charge in [0.15, 0.2) is 0 Å². The lowest BCUT2D eigenvalue weighted by Crippen LogP contribution is -2.44. The first kappa shape index (κ1) is 22.1. The van der Waals surface area contributed by atoms with Crippen LogP contribution in [0.4, 0.5) is 52.7 Å². The predicted molar refractivity (Wildman–Crippen MR) is 48.3 cm³/mol. The van der Waals surface area contributed by atoms with Crippen LogP contribution in [0.15, 0.2) is 0 Å². The second-order valence-corrected chi connectivity index (χ2v) is 3.98. The lowest BCUT2D eigenvalue weighted by atomic mass is 10.3. The molecule has 0 spiro atoms. The van der Waals surface area contributed by atoms with Crippen molar-refractivity contribution in [1.82, 2.24) is 0 Å². The van der Waals surface area contributed by atoms with Gasteiger partial charge >= 0.3 is 24.6 Å². The molecule has 0 N–H and O–H groups in total. The van der Waals surface area contributed by atoms with Gasteiger partial charge in [-0.1, -0.05) is 0 Å². The lowest BCUT2D eigenvalue weighted by molar-refractivity contribution is -0.343. The molecule has 2 nitrogen and oxygen atoms in total. The van der Waals surface area contributed by atoms with Crippen molar-refractivity contribution in [2.45, 2.75) is 43.3 Å². The SMILES string of the molecule is FC(C(F)(F)F)C(F)(F)OCCCOC(F)(F)C(F)C(F)(F)F. The van der Waals surface area contributed by atoms with Crippen LogP contribution >= 0.6 is 0 Å². The van der Waals surface area contributed by atoms with E-state index in [1.165, 1.54) is 0 Å².